The average molecular weight is 946 g/mol. The highest BCUT2D eigenvalue weighted by molar-refractivity contribution is 7.27. The molecule has 14 rings (SSSR count). The van der Waals surface area contributed by atoms with E-state index in [4.69, 9.17) is 26.6 Å². The zero-order chi connectivity index (χ0) is 46.1. The number of rotatable bonds is 5. The molecule has 11 heteroatoms. The number of thiophene rings is 2. The normalized spacial score (nSPS) is 11.3. The van der Waals surface area contributed by atoms with Gasteiger partial charge in [-0.2, -0.15) is 19.9 Å². The minimum absolute atomic E-state index is 0.202. The standard InChI is InChI=1S/C29H18N4S.C15H10ClN3.C14H9NS/c1-3-9-19(10-4-1)27-30-28(20-11-5-2-6-12-20)32-29(31-27)33-18-17-23-24(33)16-15-22-21-13-7-8-14-25(21)34-26(22)23;16-15-18-13(11-7-3-1-4-8-11)17-14(19-15)12-9-5-2-6-10-12;1-2-4-13-9(3-1)10-5-6-12-11(7-8-15-12)14(10)16-13/h1-18H;1-10H;1-8,15H. The molecule has 0 aliphatic carbocycles. The fourth-order valence-electron chi connectivity index (χ4n) is 8.58. The average Bonchev–Trinajstić information content (AvgIpc) is 4.24. The largest absolute Gasteiger partial charge is 0.361 e. The maximum absolute atomic E-state index is 5.99. The zero-order valence-electron chi connectivity index (χ0n) is 36.6. The van der Waals surface area contributed by atoms with Crippen molar-refractivity contribution in [2.24, 2.45) is 0 Å². The van der Waals surface area contributed by atoms with Crippen LogP contribution >= 0.6 is 34.3 Å². The molecular weight excluding hydrogens is 908 g/mol. The molecule has 8 nitrogen and oxygen atoms in total. The summed E-state index contributed by atoms with van der Waals surface area (Å²) in [6, 6.07) is 69.9. The highest BCUT2D eigenvalue weighted by Crippen LogP contribution is 2.40. The minimum atomic E-state index is 0.202. The first-order valence-corrected chi connectivity index (χ1v) is 24.3. The molecule has 8 aromatic carbocycles. The third kappa shape index (κ3) is 8.27. The second-order valence-electron chi connectivity index (χ2n) is 16.1. The van der Waals surface area contributed by atoms with Crippen molar-refractivity contribution < 1.29 is 0 Å². The molecule has 0 fully saturated rings. The number of benzene rings is 8. The van der Waals surface area contributed by atoms with E-state index in [0.29, 0.717) is 29.2 Å². The van der Waals surface area contributed by atoms with Gasteiger partial charge in [0.05, 0.1) is 5.52 Å². The van der Waals surface area contributed by atoms with Crippen LogP contribution in [-0.2, 0) is 0 Å². The molecule has 0 bridgehead atoms. The summed E-state index contributed by atoms with van der Waals surface area (Å²) in [6.07, 6.45) is 4.07. The SMILES string of the molecule is Clc1nc(-c2ccccc2)nc(-c2ccccc2)n1.c1ccc(-c2nc(-c3ccccc3)nc(-n3ccc4c5sc6ccccc6c5ccc43)n2)cc1.c1ccc2c(c1)sc1c3cc[nH]c3ccc21. The van der Waals surface area contributed by atoms with Gasteiger partial charge in [-0.3, -0.25) is 4.57 Å². The van der Waals surface area contributed by atoms with Crippen LogP contribution in [0.5, 0.6) is 0 Å². The summed E-state index contributed by atoms with van der Waals surface area (Å²) in [4.78, 5) is 30.7. The highest BCUT2D eigenvalue weighted by atomic mass is 35.5. The van der Waals surface area contributed by atoms with E-state index in [9.17, 15) is 0 Å². The lowest BCUT2D eigenvalue weighted by Crippen LogP contribution is -2.05. The predicted molar refractivity (Wildman–Crippen MR) is 287 cm³/mol. The van der Waals surface area contributed by atoms with Gasteiger partial charge in [0.2, 0.25) is 11.2 Å². The fraction of sp³-hybridized carbons (Fsp3) is 0. The number of nitrogens with one attached hydrogen (secondary N) is 1. The van der Waals surface area contributed by atoms with Crippen LogP contribution in [0.3, 0.4) is 0 Å². The summed E-state index contributed by atoms with van der Waals surface area (Å²) in [5.74, 6) is 3.10. The molecule has 6 heterocycles. The Balaban J connectivity index is 0.000000118. The number of hydrogen-bond acceptors (Lipinski definition) is 8. The van der Waals surface area contributed by atoms with E-state index in [1.165, 1.54) is 56.6 Å². The maximum Gasteiger partial charge on any atom is 0.238 e. The number of nitrogens with zero attached hydrogens (tertiary/aromatic N) is 7. The quantitative estimate of drug-likeness (QED) is 0.185. The minimum Gasteiger partial charge on any atom is -0.361 e. The summed E-state index contributed by atoms with van der Waals surface area (Å²) < 4.78 is 7.42. The van der Waals surface area contributed by atoms with Gasteiger partial charge in [-0.15, -0.1) is 22.7 Å². The Morgan fingerprint density at radius 1 is 0.362 bits per heavy atom. The summed E-state index contributed by atoms with van der Waals surface area (Å²) in [5, 5.41) is 8.07. The van der Waals surface area contributed by atoms with E-state index < -0.39 is 0 Å². The van der Waals surface area contributed by atoms with Crippen LogP contribution in [0, 0.1) is 0 Å². The van der Waals surface area contributed by atoms with E-state index in [1.54, 1.807) is 0 Å². The van der Waals surface area contributed by atoms with Gasteiger partial charge >= 0.3 is 0 Å². The third-order valence-electron chi connectivity index (χ3n) is 11.9. The van der Waals surface area contributed by atoms with E-state index in [2.05, 4.69) is 116 Å². The van der Waals surface area contributed by atoms with Crippen molar-refractivity contribution in [2.75, 3.05) is 0 Å². The Labute approximate surface area is 408 Å². The highest BCUT2D eigenvalue weighted by Gasteiger charge is 2.16. The molecule has 0 spiro atoms. The van der Waals surface area contributed by atoms with Crippen molar-refractivity contribution in [3.8, 4) is 51.5 Å². The van der Waals surface area contributed by atoms with Crippen molar-refractivity contribution >= 4 is 96.4 Å². The molecule has 0 radical (unpaired) electrons. The first kappa shape index (κ1) is 42.0. The number of halogens is 1. The fourth-order valence-corrected chi connectivity index (χ4v) is 11.2. The Bertz CT molecular complexity index is 3980. The molecule has 0 aliphatic heterocycles. The molecule has 14 aromatic rings. The third-order valence-corrected chi connectivity index (χ3v) is 14.5. The number of aromatic amines is 1. The van der Waals surface area contributed by atoms with E-state index in [0.717, 1.165) is 27.8 Å². The molecule has 0 unspecified atom stereocenters. The summed E-state index contributed by atoms with van der Waals surface area (Å²) in [7, 11) is 0. The number of fused-ring (bicyclic) bond motifs is 10. The second kappa shape index (κ2) is 18.3. The molecule has 0 amide bonds. The first-order valence-electron chi connectivity index (χ1n) is 22.3. The lowest BCUT2D eigenvalue weighted by molar-refractivity contribution is 0.933. The summed E-state index contributed by atoms with van der Waals surface area (Å²) in [6.45, 7) is 0. The van der Waals surface area contributed by atoms with E-state index in [-0.39, 0.29) is 5.28 Å². The van der Waals surface area contributed by atoms with Crippen LogP contribution in [0.25, 0.3) is 114 Å². The number of hydrogen-bond donors (Lipinski definition) is 1. The maximum atomic E-state index is 5.99. The van der Waals surface area contributed by atoms with E-state index in [1.807, 2.05) is 150 Å². The second-order valence-corrected chi connectivity index (χ2v) is 18.6. The summed E-state index contributed by atoms with van der Waals surface area (Å²) >= 11 is 9.70. The molecule has 69 heavy (non-hydrogen) atoms. The lowest BCUT2D eigenvalue weighted by Gasteiger charge is -2.09. The smallest absolute Gasteiger partial charge is 0.238 e. The molecule has 0 saturated carbocycles. The van der Waals surface area contributed by atoms with Gasteiger partial charge < -0.3 is 4.98 Å². The lowest BCUT2D eigenvalue weighted by atomic mass is 10.1. The van der Waals surface area contributed by atoms with Gasteiger partial charge in [-0.25, -0.2) is 9.97 Å². The molecule has 6 aromatic heterocycles. The van der Waals surface area contributed by atoms with Crippen LogP contribution in [0.15, 0.2) is 219 Å². The van der Waals surface area contributed by atoms with Gasteiger partial charge in [-0.1, -0.05) is 170 Å². The van der Waals surface area contributed by atoms with Crippen molar-refractivity contribution in [1.29, 1.82) is 0 Å². The molecule has 328 valence electrons. The Morgan fingerprint density at radius 3 is 1.30 bits per heavy atom. The molecule has 0 saturated heterocycles. The molecule has 1 N–H and O–H groups in total. The van der Waals surface area contributed by atoms with Gasteiger partial charge in [0, 0.05) is 91.3 Å². The Hall–Kier alpha value is -8.41. The Morgan fingerprint density at radius 2 is 0.797 bits per heavy atom. The van der Waals surface area contributed by atoms with Gasteiger partial charge in [0.25, 0.3) is 0 Å². The van der Waals surface area contributed by atoms with E-state index >= 15 is 0 Å². The van der Waals surface area contributed by atoms with Crippen molar-refractivity contribution in [3.05, 3.63) is 224 Å². The van der Waals surface area contributed by atoms with Crippen LogP contribution < -0.4 is 0 Å². The Kier molecular flexibility index (Phi) is 11.2. The van der Waals surface area contributed by atoms with Gasteiger partial charge in [0.15, 0.2) is 23.3 Å². The van der Waals surface area contributed by atoms with Crippen LogP contribution in [0.1, 0.15) is 0 Å². The van der Waals surface area contributed by atoms with Crippen molar-refractivity contribution in [1.82, 2.24) is 39.5 Å². The zero-order valence-corrected chi connectivity index (χ0v) is 39.0. The van der Waals surface area contributed by atoms with Crippen molar-refractivity contribution in [2.45, 2.75) is 0 Å². The molecule has 0 aliphatic rings. The monoisotopic (exact) mass is 944 g/mol. The summed E-state index contributed by atoms with van der Waals surface area (Å²) in [5.41, 5.74) is 6.08. The first-order chi connectivity index (χ1) is 34.1. The van der Waals surface area contributed by atoms with Gasteiger partial charge in [-0.05, 0) is 48.0 Å². The topological polar surface area (TPSA) is 98.1 Å². The van der Waals surface area contributed by atoms with Gasteiger partial charge in [0.1, 0.15) is 0 Å². The van der Waals surface area contributed by atoms with Crippen LogP contribution in [-0.4, -0.2) is 39.5 Å². The molecule has 0 atom stereocenters. The van der Waals surface area contributed by atoms with Crippen LogP contribution in [0.2, 0.25) is 5.28 Å². The van der Waals surface area contributed by atoms with Crippen LogP contribution in [0.4, 0.5) is 0 Å². The number of H-pyrrole nitrogens is 1. The van der Waals surface area contributed by atoms with Crippen molar-refractivity contribution in [3.63, 3.8) is 0 Å². The predicted octanol–water partition coefficient (Wildman–Crippen LogP) is 15.9. The number of aromatic nitrogens is 8. The molecular formula is C58H37ClN8S2.